The van der Waals surface area contributed by atoms with Gasteiger partial charge in [0.05, 0.1) is 43.4 Å². The van der Waals surface area contributed by atoms with Gasteiger partial charge in [0, 0.05) is 5.56 Å². The molecule has 2 aromatic carbocycles. The number of hydrogen-bond acceptors (Lipinski definition) is 3. The van der Waals surface area contributed by atoms with Crippen molar-refractivity contribution >= 4 is 35.0 Å². The van der Waals surface area contributed by atoms with Gasteiger partial charge in [-0.05, 0) is 24.3 Å². The minimum Gasteiger partial charge on any atom is -0.343 e. The lowest BCUT2D eigenvalue weighted by Crippen LogP contribution is -3.15. The lowest BCUT2D eigenvalue weighted by molar-refractivity contribution is -0.895. The zero-order valence-corrected chi connectivity index (χ0v) is 16.7. The van der Waals surface area contributed by atoms with Gasteiger partial charge in [0.1, 0.15) is 0 Å². The van der Waals surface area contributed by atoms with Crippen molar-refractivity contribution in [2.24, 2.45) is 0 Å². The number of nitrogens with zero attached hydrogens (tertiary/aromatic N) is 1. The van der Waals surface area contributed by atoms with E-state index in [9.17, 15) is 14.4 Å². The molecule has 3 rings (SSSR count). The van der Waals surface area contributed by atoms with E-state index in [2.05, 4.69) is 10.6 Å². The summed E-state index contributed by atoms with van der Waals surface area (Å²) in [6.45, 7) is 2.74. The maximum absolute atomic E-state index is 12.3. The monoisotopic (exact) mass is 415 g/mol. The fourth-order valence-electron chi connectivity index (χ4n) is 3.19. The number of piperazine rings is 1. The number of carbonyl (C=O) groups excluding carboxylic acids is 3. The highest BCUT2D eigenvalue weighted by molar-refractivity contribution is 6.33. The van der Waals surface area contributed by atoms with Gasteiger partial charge in [-0.15, -0.1) is 0 Å². The van der Waals surface area contributed by atoms with Crippen LogP contribution in [0.1, 0.15) is 10.4 Å². The molecule has 1 saturated heterocycles. The van der Waals surface area contributed by atoms with Crippen LogP contribution in [0.4, 0.5) is 5.69 Å². The molecule has 2 aromatic rings. The van der Waals surface area contributed by atoms with Gasteiger partial charge in [0.25, 0.3) is 11.8 Å². The van der Waals surface area contributed by atoms with E-state index in [0.717, 1.165) is 4.90 Å². The standard InChI is InChI=1S/C21H23ClN4O3/c22-17-8-4-5-9-18(17)24-19(27)15-25-10-12-26(13-11-25)20(28)14-23-21(29)16-6-2-1-3-7-16/h1-9H,10-15H2,(H,23,29)(H,24,27)/p+1. The molecule has 0 aromatic heterocycles. The van der Waals surface area contributed by atoms with Crippen LogP contribution in [0.5, 0.6) is 0 Å². The van der Waals surface area contributed by atoms with E-state index in [4.69, 9.17) is 11.6 Å². The van der Waals surface area contributed by atoms with Crippen LogP contribution in [0.15, 0.2) is 54.6 Å². The first-order valence-electron chi connectivity index (χ1n) is 9.52. The lowest BCUT2D eigenvalue weighted by atomic mass is 10.2. The molecule has 0 spiro atoms. The summed E-state index contributed by atoms with van der Waals surface area (Å²) >= 11 is 6.06. The number of hydrogen-bond donors (Lipinski definition) is 3. The van der Waals surface area contributed by atoms with Gasteiger partial charge in [0.15, 0.2) is 6.54 Å². The Hall–Kier alpha value is -2.90. The van der Waals surface area contributed by atoms with Crippen molar-refractivity contribution in [2.45, 2.75) is 0 Å². The van der Waals surface area contributed by atoms with Gasteiger partial charge in [-0.3, -0.25) is 14.4 Å². The number of rotatable bonds is 6. The molecule has 1 aliphatic rings. The number of carbonyl (C=O) groups is 3. The minimum absolute atomic E-state index is 0.0317. The summed E-state index contributed by atoms with van der Waals surface area (Å²) in [5, 5.41) is 5.98. The number of para-hydroxylation sites is 1. The van der Waals surface area contributed by atoms with E-state index in [1.54, 1.807) is 41.3 Å². The van der Waals surface area contributed by atoms with Crippen LogP contribution in [0.25, 0.3) is 0 Å². The number of anilines is 1. The summed E-state index contributed by atoms with van der Waals surface area (Å²) in [5.74, 6) is -0.490. The average molecular weight is 416 g/mol. The molecule has 152 valence electrons. The Balaban J connectivity index is 1.39. The summed E-state index contributed by atoms with van der Waals surface area (Å²) < 4.78 is 0. The Morgan fingerprint density at radius 3 is 2.31 bits per heavy atom. The van der Waals surface area contributed by atoms with E-state index in [0.29, 0.717) is 49.0 Å². The maximum Gasteiger partial charge on any atom is 0.279 e. The Morgan fingerprint density at radius 1 is 0.966 bits per heavy atom. The highest BCUT2D eigenvalue weighted by Gasteiger charge is 2.25. The SMILES string of the molecule is O=C(C[NH+]1CCN(C(=O)CNC(=O)c2ccccc2)CC1)Nc1ccccc1Cl. The van der Waals surface area contributed by atoms with Gasteiger partial charge in [-0.25, -0.2) is 0 Å². The molecule has 1 heterocycles. The first-order valence-corrected chi connectivity index (χ1v) is 9.89. The summed E-state index contributed by atoms with van der Waals surface area (Å²) in [5.41, 5.74) is 1.13. The number of amides is 3. The Bertz CT molecular complexity index is 867. The van der Waals surface area contributed by atoms with Crippen LogP contribution >= 0.6 is 11.6 Å². The second-order valence-electron chi connectivity index (χ2n) is 6.88. The molecule has 0 radical (unpaired) electrons. The van der Waals surface area contributed by atoms with E-state index in [1.165, 1.54) is 0 Å². The van der Waals surface area contributed by atoms with Crippen molar-refractivity contribution < 1.29 is 19.3 Å². The average Bonchev–Trinajstić information content (AvgIpc) is 2.74. The fraction of sp³-hybridized carbons (Fsp3) is 0.286. The first-order chi connectivity index (χ1) is 14.0. The zero-order valence-electron chi connectivity index (χ0n) is 16.0. The van der Waals surface area contributed by atoms with Gasteiger partial charge in [-0.1, -0.05) is 41.9 Å². The molecule has 3 amide bonds. The van der Waals surface area contributed by atoms with Gasteiger partial charge in [-0.2, -0.15) is 0 Å². The zero-order chi connectivity index (χ0) is 20.6. The van der Waals surface area contributed by atoms with Crippen LogP contribution in [0.3, 0.4) is 0 Å². The molecule has 7 nitrogen and oxygen atoms in total. The van der Waals surface area contributed by atoms with Crippen molar-refractivity contribution in [3.05, 3.63) is 65.2 Å². The van der Waals surface area contributed by atoms with Crippen molar-refractivity contribution in [3.63, 3.8) is 0 Å². The highest BCUT2D eigenvalue weighted by atomic mass is 35.5. The first kappa shape index (κ1) is 20.8. The van der Waals surface area contributed by atoms with E-state index >= 15 is 0 Å². The Morgan fingerprint density at radius 2 is 1.62 bits per heavy atom. The highest BCUT2D eigenvalue weighted by Crippen LogP contribution is 2.19. The molecular weight excluding hydrogens is 392 g/mol. The largest absolute Gasteiger partial charge is 0.343 e. The topological polar surface area (TPSA) is 83.0 Å². The second-order valence-corrected chi connectivity index (χ2v) is 7.29. The lowest BCUT2D eigenvalue weighted by Gasteiger charge is -2.32. The summed E-state index contributed by atoms with van der Waals surface area (Å²) in [4.78, 5) is 39.5. The molecule has 1 fully saturated rings. The van der Waals surface area contributed by atoms with Crippen molar-refractivity contribution in [3.8, 4) is 0 Å². The molecule has 0 aliphatic carbocycles. The number of benzene rings is 2. The molecular formula is C21H24ClN4O3+. The van der Waals surface area contributed by atoms with Crippen molar-refractivity contribution in [2.75, 3.05) is 44.6 Å². The Kier molecular flexibility index (Phi) is 7.21. The quantitative estimate of drug-likeness (QED) is 0.640. The summed E-state index contributed by atoms with van der Waals surface area (Å²) in [6, 6.07) is 15.9. The van der Waals surface area contributed by atoms with Gasteiger partial charge < -0.3 is 20.4 Å². The normalized spacial score (nSPS) is 14.3. The van der Waals surface area contributed by atoms with E-state index in [1.807, 2.05) is 18.2 Å². The molecule has 8 heteroatoms. The number of nitrogens with one attached hydrogen (secondary N) is 3. The molecule has 0 saturated carbocycles. The van der Waals surface area contributed by atoms with Crippen LogP contribution in [0, 0.1) is 0 Å². The van der Waals surface area contributed by atoms with Gasteiger partial charge >= 0.3 is 0 Å². The van der Waals surface area contributed by atoms with Crippen molar-refractivity contribution in [1.29, 1.82) is 0 Å². The van der Waals surface area contributed by atoms with Crippen molar-refractivity contribution in [1.82, 2.24) is 10.2 Å². The molecule has 0 bridgehead atoms. The van der Waals surface area contributed by atoms with Crippen LogP contribution in [0.2, 0.25) is 5.02 Å². The maximum atomic E-state index is 12.3. The third-order valence-electron chi connectivity index (χ3n) is 4.82. The predicted octanol–water partition coefficient (Wildman–Crippen LogP) is 0.436. The van der Waals surface area contributed by atoms with E-state index < -0.39 is 0 Å². The molecule has 29 heavy (non-hydrogen) atoms. The number of quaternary nitrogens is 1. The smallest absolute Gasteiger partial charge is 0.279 e. The fourth-order valence-corrected chi connectivity index (χ4v) is 3.38. The van der Waals surface area contributed by atoms with Crippen LogP contribution in [-0.2, 0) is 9.59 Å². The molecule has 1 aliphatic heterocycles. The van der Waals surface area contributed by atoms with E-state index in [-0.39, 0.29) is 24.3 Å². The van der Waals surface area contributed by atoms with Gasteiger partial charge in [0.2, 0.25) is 5.91 Å². The summed E-state index contributed by atoms with van der Waals surface area (Å²) in [6.07, 6.45) is 0. The third-order valence-corrected chi connectivity index (χ3v) is 5.15. The molecule has 3 N–H and O–H groups in total. The molecule has 0 unspecified atom stereocenters. The van der Waals surface area contributed by atoms with Crippen LogP contribution in [-0.4, -0.2) is 61.9 Å². The minimum atomic E-state index is -0.264. The van der Waals surface area contributed by atoms with Crippen LogP contribution < -0.4 is 15.5 Å². The molecule has 0 atom stereocenters. The predicted molar refractivity (Wildman–Crippen MR) is 111 cm³/mol. The summed E-state index contributed by atoms with van der Waals surface area (Å²) in [7, 11) is 0. The number of halogens is 1. The second kappa shape index (κ2) is 10.0. The Labute approximate surface area is 174 Å². The third kappa shape index (κ3) is 6.04.